The number of para-hydroxylation sites is 1. The van der Waals surface area contributed by atoms with Gasteiger partial charge in [0.1, 0.15) is 0 Å². The van der Waals surface area contributed by atoms with Crippen molar-refractivity contribution in [3.63, 3.8) is 0 Å². The third-order valence-corrected chi connectivity index (χ3v) is 6.35. The molecular formula is C23H27N3O2S. The molecule has 1 fully saturated rings. The van der Waals surface area contributed by atoms with Crippen LogP contribution in [0.2, 0.25) is 0 Å². The van der Waals surface area contributed by atoms with Crippen LogP contribution in [0.25, 0.3) is 17.0 Å². The lowest BCUT2D eigenvalue weighted by atomic mass is 10.1. The molecule has 3 aromatic rings. The maximum absolute atomic E-state index is 12.3. The van der Waals surface area contributed by atoms with Gasteiger partial charge in [0, 0.05) is 61.9 Å². The van der Waals surface area contributed by atoms with Crippen LogP contribution >= 0.6 is 11.3 Å². The molecule has 1 saturated heterocycles. The summed E-state index contributed by atoms with van der Waals surface area (Å²) in [7, 11) is 2.14. The number of aliphatic hydroxyl groups excluding tert-OH is 1. The van der Waals surface area contributed by atoms with E-state index in [-0.39, 0.29) is 5.78 Å². The number of likely N-dealkylation sites (N-methyl/N-ethyl adjacent to an activating group) is 1. The Morgan fingerprint density at radius 2 is 1.93 bits per heavy atom. The highest BCUT2D eigenvalue weighted by molar-refractivity contribution is 7.12. The fourth-order valence-corrected chi connectivity index (χ4v) is 4.48. The van der Waals surface area contributed by atoms with Crippen LogP contribution in [0.1, 0.15) is 15.2 Å². The summed E-state index contributed by atoms with van der Waals surface area (Å²) in [6.07, 6.45) is 5.13. The second-order valence-electron chi connectivity index (χ2n) is 7.69. The standard InChI is InChI=1S/C23H27N3O2S/c1-24-10-12-25(13-11-24)16-19(27)17-26-15-18(20-5-2-3-6-21(20)26)8-9-22(28)23-7-4-14-29-23/h2-9,14-15,19,27H,10-13,16-17H2,1H3/b9-8+/t19-/m0/s1. The Morgan fingerprint density at radius 1 is 1.14 bits per heavy atom. The van der Waals surface area contributed by atoms with Crippen LogP contribution in [0.4, 0.5) is 0 Å². The van der Waals surface area contributed by atoms with E-state index in [0.29, 0.717) is 13.1 Å². The molecule has 1 aromatic carbocycles. The zero-order valence-corrected chi connectivity index (χ0v) is 17.5. The molecule has 0 amide bonds. The molecule has 0 saturated carbocycles. The van der Waals surface area contributed by atoms with Gasteiger partial charge < -0.3 is 14.6 Å². The zero-order chi connectivity index (χ0) is 20.2. The van der Waals surface area contributed by atoms with E-state index >= 15 is 0 Å². The van der Waals surface area contributed by atoms with Gasteiger partial charge in [-0.15, -0.1) is 11.3 Å². The number of allylic oxidation sites excluding steroid dienone is 1. The summed E-state index contributed by atoms with van der Waals surface area (Å²) < 4.78 is 2.10. The highest BCUT2D eigenvalue weighted by Gasteiger charge is 2.18. The first-order valence-electron chi connectivity index (χ1n) is 10.0. The van der Waals surface area contributed by atoms with Crippen LogP contribution < -0.4 is 0 Å². The Bertz CT molecular complexity index is 985. The molecule has 1 aliphatic heterocycles. The number of carbonyl (C=O) groups is 1. The number of hydrogen-bond acceptors (Lipinski definition) is 5. The highest BCUT2D eigenvalue weighted by Crippen LogP contribution is 2.23. The maximum Gasteiger partial charge on any atom is 0.195 e. The number of aliphatic hydroxyl groups is 1. The van der Waals surface area contributed by atoms with Crippen LogP contribution in [0.5, 0.6) is 0 Å². The van der Waals surface area contributed by atoms with Crippen molar-refractivity contribution in [3.05, 3.63) is 64.5 Å². The maximum atomic E-state index is 12.3. The van der Waals surface area contributed by atoms with Crippen molar-refractivity contribution in [2.75, 3.05) is 39.8 Å². The second-order valence-corrected chi connectivity index (χ2v) is 8.63. The summed E-state index contributed by atoms with van der Waals surface area (Å²) >= 11 is 1.45. The molecule has 0 spiro atoms. The van der Waals surface area contributed by atoms with E-state index in [9.17, 15) is 9.90 Å². The van der Waals surface area contributed by atoms with Gasteiger partial charge in [-0.3, -0.25) is 9.69 Å². The first-order valence-corrected chi connectivity index (χ1v) is 10.9. The lowest BCUT2D eigenvalue weighted by Gasteiger charge is -2.33. The Balaban J connectivity index is 1.49. The van der Waals surface area contributed by atoms with E-state index in [1.807, 2.05) is 41.9 Å². The monoisotopic (exact) mass is 409 g/mol. The van der Waals surface area contributed by atoms with Gasteiger partial charge in [-0.05, 0) is 36.7 Å². The predicted molar refractivity (Wildman–Crippen MR) is 120 cm³/mol. The fraction of sp³-hybridized carbons (Fsp3) is 0.348. The minimum Gasteiger partial charge on any atom is -0.390 e. The van der Waals surface area contributed by atoms with Crippen LogP contribution in [0, 0.1) is 0 Å². The SMILES string of the molecule is CN1CCN(C[C@H](O)Cn2cc(/C=C/C(=O)c3cccs3)c3ccccc32)CC1. The molecule has 2 aromatic heterocycles. The summed E-state index contributed by atoms with van der Waals surface area (Å²) in [6, 6.07) is 11.9. The fourth-order valence-electron chi connectivity index (χ4n) is 3.84. The summed E-state index contributed by atoms with van der Waals surface area (Å²) in [4.78, 5) is 17.7. The molecule has 1 N–H and O–H groups in total. The second kappa shape index (κ2) is 9.05. The molecule has 0 unspecified atom stereocenters. The summed E-state index contributed by atoms with van der Waals surface area (Å²) in [5.74, 6) is 0.0203. The average molecular weight is 410 g/mol. The molecule has 1 aliphatic rings. The predicted octanol–water partition coefficient (Wildman–Crippen LogP) is 3.21. The number of ketones is 1. The van der Waals surface area contributed by atoms with Crippen LogP contribution in [0.3, 0.4) is 0 Å². The molecular weight excluding hydrogens is 382 g/mol. The van der Waals surface area contributed by atoms with Gasteiger partial charge in [-0.2, -0.15) is 0 Å². The molecule has 29 heavy (non-hydrogen) atoms. The van der Waals surface area contributed by atoms with Gasteiger partial charge in [0.15, 0.2) is 5.78 Å². The molecule has 0 radical (unpaired) electrons. The van der Waals surface area contributed by atoms with Crippen LogP contribution in [-0.4, -0.2) is 71.1 Å². The van der Waals surface area contributed by atoms with Crippen LogP contribution in [0.15, 0.2) is 54.1 Å². The first kappa shape index (κ1) is 20.0. The Hall–Kier alpha value is -2.25. The smallest absolute Gasteiger partial charge is 0.195 e. The van der Waals surface area contributed by atoms with Crippen molar-refractivity contribution in [2.24, 2.45) is 0 Å². The van der Waals surface area contributed by atoms with Crippen molar-refractivity contribution in [3.8, 4) is 0 Å². The molecule has 0 aliphatic carbocycles. The molecule has 6 heteroatoms. The topological polar surface area (TPSA) is 48.7 Å². The van der Waals surface area contributed by atoms with Crippen LogP contribution in [-0.2, 0) is 6.54 Å². The average Bonchev–Trinajstić information content (AvgIpc) is 3.37. The van der Waals surface area contributed by atoms with Gasteiger partial charge in [-0.25, -0.2) is 0 Å². The van der Waals surface area contributed by atoms with E-state index in [2.05, 4.69) is 33.5 Å². The number of nitrogens with zero attached hydrogens (tertiary/aromatic N) is 3. The number of fused-ring (bicyclic) bond motifs is 1. The summed E-state index contributed by atoms with van der Waals surface area (Å²) in [6.45, 7) is 5.32. The van der Waals surface area contributed by atoms with E-state index in [1.165, 1.54) is 11.3 Å². The first-order chi connectivity index (χ1) is 14.1. The lowest BCUT2D eigenvalue weighted by molar-refractivity contribution is 0.0717. The van der Waals surface area contributed by atoms with Crippen molar-refractivity contribution in [1.82, 2.24) is 14.4 Å². The van der Waals surface area contributed by atoms with Crippen molar-refractivity contribution in [1.29, 1.82) is 0 Å². The number of piperazine rings is 1. The van der Waals surface area contributed by atoms with E-state index in [1.54, 1.807) is 6.08 Å². The molecule has 0 bridgehead atoms. The van der Waals surface area contributed by atoms with E-state index < -0.39 is 6.10 Å². The number of rotatable bonds is 7. The lowest BCUT2D eigenvalue weighted by Crippen LogP contribution is -2.47. The summed E-state index contributed by atoms with van der Waals surface area (Å²) in [5, 5.41) is 13.7. The summed E-state index contributed by atoms with van der Waals surface area (Å²) in [5.41, 5.74) is 2.07. The highest BCUT2D eigenvalue weighted by atomic mass is 32.1. The third-order valence-electron chi connectivity index (χ3n) is 5.47. The van der Waals surface area contributed by atoms with Gasteiger partial charge >= 0.3 is 0 Å². The quantitative estimate of drug-likeness (QED) is 0.481. The van der Waals surface area contributed by atoms with Gasteiger partial charge in [0.25, 0.3) is 0 Å². The van der Waals surface area contributed by atoms with Gasteiger partial charge in [0.05, 0.1) is 11.0 Å². The van der Waals surface area contributed by atoms with E-state index in [0.717, 1.165) is 47.5 Å². The molecule has 3 heterocycles. The largest absolute Gasteiger partial charge is 0.390 e. The van der Waals surface area contributed by atoms with Gasteiger partial charge in [0.2, 0.25) is 0 Å². The third kappa shape index (κ3) is 4.85. The Labute approximate surface area is 175 Å². The minimum absolute atomic E-state index is 0.0203. The molecule has 4 rings (SSSR count). The van der Waals surface area contributed by atoms with E-state index in [4.69, 9.17) is 0 Å². The number of thiophene rings is 1. The zero-order valence-electron chi connectivity index (χ0n) is 16.7. The van der Waals surface area contributed by atoms with Gasteiger partial charge in [-0.1, -0.05) is 24.3 Å². The number of β-amino-alcohol motifs (C(OH)–C–C–N with tert-alkyl or cyclic N) is 1. The Morgan fingerprint density at radius 3 is 2.69 bits per heavy atom. The normalized spacial score (nSPS) is 17.3. The number of aromatic nitrogens is 1. The Kier molecular flexibility index (Phi) is 6.25. The van der Waals surface area contributed by atoms with Crippen molar-refractivity contribution in [2.45, 2.75) is 12.6 Å². The minimum atomic E-state index is -0.432. The molecule has 152 valence electrons. The van der Waals surface area contributed by atoms with Crippen molar-refractivity contribution >= 4 is 34.1 Å². The molecule has 5 nitrogen and oxygen atoms in total. The number of carbonyl (C=O) groups excluding carboxylic acids is 1. The van der Waals surface area contributed by atoms with Crippen molar-refractivity contribution < 1.29 is 9.90 Å². The number of hydrogen-bond donors (Lipinski definition) is 1. The molecule has 1 atom stereocenters. The number of benzene rings is 1.